The molecule has 1 aliphatic heterocycles. The van der Waals surface area contributed by atoms with Gasteiger partial charge in [0.05, 0.1) is 12.3 Å². The Hall–Kier alpha value is -2.66. The number of allylic oxidation sites excluding steroid dienone is 1. The van der Waals surface area contributed by atoms with E-state index in [2.05, 4.69) is 34.2 Å². The zero-order valence-electron chi connectivity index (χ0n) is 16.0. The predicted molar refractivity (Wildman–Crippen MR) is 110 cm³/mol. The number of anilines is 1. The molecule has 2 aliphatic carbocycles. The van der Waals surface area contributed by atoms with Crippen molar-refractivity contribution in [1.82, 2.24) is 9.88 Å². The SMILES string of the molecule is O=C(C1CC1)N1CCN(c2ccnc3c2C=C(c2ccc(CO)cc2)C3)CC1. The molecule has 1 N–H and O–H groups in total. The summed E-state index contributed by atoms with van der Waals surface area (Å²) in [6.45, 7) is 3.45. The standard InChI is InChI=1S/C23H25N3O2/c27-15-16-1-3-17(4-2-16)19-13-20-21(14-19)24-8-7-22(20)25-9-11-26(12-10-25)23(28)18-5-6-18/h1-4,7-8,13,18,27H,5-6,9-12,14-15H2. The van der Waals surface area contributed by atoms with Crippen LogP contribution in [0.3, 0.4) is 0 Å². The van der Waals surface area contributed by atoms with Gasteiger partial charge in [-0.1, -0.05) is 24.3 Å². The lowest BCUT2D eigenvalue weighted by atomic mass is 10.0. The summed E-state index contributed by atoms with van der Waals surface area (Å²) in [4.78, 5) is 21.4. The number of fused-ring (bicyclic) bond motifs is 1. The molecule has 1 saturated heterocycles. The molecule has 28 heavy (non-hydrogen) atoms. The van der Waals surface area contributed by atoms with Crippen molar-refractivity contribution in [2.24, 2.45) is 5.92 Å². The molecule has 144 valence electrons. The van der Waals surface area contributed by atoms with Gasteiger partial charge in [-0.3, -0.25) is 9.78 Å². The number of aliphatic hydroxyl groups excluding tert-OH is 1. The molecule has 2 aromatic rings. The third-order valence-electron chi connectivity index (χ3n) is 6.09. The van der Waals surface area contributed by atoms with Crippen LogP contribution >= 0.6 is 0 Å². The van der Waals surface area contributed by atoms with Gasteiger partial charge in [0.1, 0.15) is 0 Å². The first-order chi connectivity index (χ1) is 13.7. The van der Waals surface area contributed by atoms with Gasteiger partial charge in [-0.05, 0) is 41.7 Å². The molecule has 0 bridgehead atoms. The molecule has 5 nitrogen and oxygen atoms in total. The van der Waals surface area contributed by atoms with Crippen molar-refractivity contribution >= 4 is 23.2 Å². The smallest absolute Gasteiger partial charge is 0.225 e. The van der Waals surface area contributed by atoms with Crippen molar-refractivity contribution in [3.8, 4) is 0 Å². The molecule has 1 aromatic heterocycles. The van der Waals surface area contributed by atoms with Crippen LogP contribution in [0.1, 0.15) is 35.2 Å². The highest BCUT2D eigenvalue weighted by Gasteiger charge is 2.35. The lowest BCUT2D eigenvalue weighted by Gasteiger charge is -2.37. The van der Waals surface area contributed by atoms with Gasteiger partial charge < -0.3 is 14.9 Å². The number of amides is 1. The number of rotatable bonds is 4. The maximum atomic E-state index is 12.3. The van der Waals surface area contributed by atoms with Gasteiger partial charge >= 0.3 is 0 Å². The molecule has 0 unspecified atom stereocenters. The molecule has 0 radical (unpaired) electrons. The van der Waals surface area contributed by atoms with Gasteiger partial charge in [-0.25, -0.2) is 0 Å². The van der Waals surface area contributed by atoms with Gasteiger partial charge in [0.2, 0.25) is 5.91 Å². The Morgan fingerprint density at radius 3 is 2.50 bits per heavy atom. The van der Waals surface area contributed by atoms with Crippen LogP contribution in [0.15, 0.2) is 36.5 Å². The average Bonchev–Trinajstić information content (AvgIpc) is 3.51. The zero-order valence-corrected chi connectivity index (χ0v) is 16.0. The fourth-order valence-corrected chi connectivity index (χ4v) is 4.25. The van der Waals surface area contributed by atoms with Gasteiger partial charge in [-0.15, -0.1) is 0 Å². The molecule has 1 aromatic carbocycles. The molecular weight excluding hydrogens is 350 g/mol. The number of hydrogen-bond acceptors (Lipinski definition) is 4. The fourth-order valence-electron chi connectivity index (χ4n) is 4.25. The van der Waals surface area contributed by atoms with Crippen LogP contribution < -0.4 is 4.90 Å². The van der Waals surface area contributed by atoms with Crippen LogP contribution in [-0.2, 0) is 17.8 Å². The van der Waals surface area contributed by atoms with Crippen LogP contribution in [0.5, 0.6) is 0 Å². The molecule has 2 heterocycles. The van der Waals surface area contributed by atoms with Crippen molar-refractivity contribution in [3.63, 3.8) is 0 Å². The largest absolute Gasteiger partial charge is 0.392 e. The highest BCUT2D eigenvalue weighted by molar-refractivity contribution is 5.92. The fraction of sp³-hybridized carbons (Fsp3) is 0.391. The van der Waals surface area contributed by atoms with Gasteiger partial charge in [0.15, 0.2) is 0 Å². The van der Waals surface area contributed by atoms with Crippen molar-refractivity contribution in [2.75, 3.05) is 31.1 Å². The Bertz CT molecular complexity index is 923. The van der Waals surface area contributed by atoms with Crippen LogP contribution in [0, 0.1) is 5.92 Å². The van der Waals surface area contributed by atoms with E-state index in [1.165, 1.54) is 22.4 Å². The van der Waals surface area contributed by atoms with Crippen molar-refractivity contribution in [1.29, 1.82) is 0 Å². The summed E-state index contributed by atoms with van der Waals surface area (Å²) in [5.41, 5.74) is 6.94. The lowest BCUT2D eigenvalue weighted by molar-refractivity contribution is -0.132. The lowest BCUT2D eigenvalue weighted by Crippen LogP contribution is -2.49. The third kappa shape index (κ3) is 3.20. The second kappa shape index (κ2) is 7.06. The Labute approximate surface area is 165 Å². The van der Waals surface area contributed by atoms with E-state index in [4.69, 9.17) is 0 Å². The van der Waals surface area contributed by atoms with E-state index in [-0.39, 0.29) is 6.61 Å². The number of nitrogens with zero attached hydrogens (tertiary/aromatic N) is 3. The summed E-state index contributed by atoms with van der Waals surface area (Å²) in [7, 11) is 0. The average molecular weight is 375 g/mol. The number of aliphatic hydroxyl groups is 1. The van der Waals surface area contributed by atoms with Crippen molar-refractivity contribution < 1.29 is 9.90 Å². The second-order valence-corrected chi connectivity index (χ2v) is 7.98. The normalized spacial score (nSPS) is 18.8. The first kappa shape index (κ1) is 17.4. The minimum atomic E-state index is 0.0699. The van der Waals surface area contributed by atoms with Crippen molar-refractivity contribution in [2.45, 2.75) is 25.9 Å². The number of carbonyl (C=O) groups is 1. The maximum Gasteiger partial charge on any atom is 0.225 e. The minimum absolute atomic E-state index is 0.0699. The summed E-state index contributed by atoms with van der Waals surface area (Å²) in [6.07, 6.45) is 7.14. The predicted octanol–water partition coefficient (Wildman–Crippen LogP) is 2.73. The molecule has 0 spiro atoms. The minimum Gasteiger partial charge on any atom is -0.392 e. The van der Waals surface area contributed by atoms with E-state index < -0.39 is 0 Å². The first-order valence-corrected chi connectivity index (χ1v) is 10.2. The summed E-state index contributed by atoms with van der Waals surface area (Å²) >= 11 is 0. The summed E-state index contributed by atoms with van der Waals surface area (Å²) in [5, 5.41) is 9.25. The summed E-state index contributed by atoms with van der Waals surface area (Å²) in [6, 6.07) is 10.2. The van der Waals surface area contributed by atoms with Crippen LogP contribution in [0.4, 0.5) is 5.69 Å². The van der Waals surface area contributed by atoms with Crippen LogP contribution in [0.25, 0.3) is 11.6 Å². The highest BCUT2D eigenvalue weighted by Crippen LogP contribution is 2.37. The Morgan fingerprint density at radius 2 is 1.82 bits per heavy atom. The Kier molecular flexibility index (Phi) is 4.40. The number of carbonyl (C=O) groups excluding carboxylic acids is 1. The molecule has 5 rings (SSSR count). The Balaban J connectivity index is 1.35. The number of benzene rings is 1. The molecule has 1 amide bonds. The zero-order chi connectivity index (χ0) is 19.1. The molecule has 3 aliphatic rings. The quantitative estimate of drug-likeness (QED) is 0.893. The summed E-state index contributed by atoms with van der Waals surface area (Å²) < 4.78 is 0. The van der Waals surface area contributed by atoms with Crippen LogP contribution in [0.2, 0.25) is 0 Å². The van der Waals surface area contributed by atoms with E-state index in [9.17, 15) is 9.90 Å². The van der Waals surface area contributed by atoms with Crippen LogP contribution in [-0.4, -0.2) is 47.1 Å². The number of aromatic nitrogens is 1. The second-order valence-electron chi connectivity index (χ2n) is 7.98. The molecule has 2 fully saturated rings. The van der Waals surface area contributed by atoms with E-state index in [0.717, 1.165) is 56.7 Å². The number of piperazine rings is 1. The highest BCUT2D eigenvalue weighted by atomic mass is 16.3. The van der Waals surface area contributed by atoms with E-state index in [0.29, 0.717) is 11.8 Å². The van der Waals surface area contributed by atoms with Gasteiger partial charge in [0, 0.05) is 56.0 Å². The van der Waals surface area contributed by atoms with Gasteiger partial charge in [0.25, 0.3) is 0 Å². The number of pyridine rings is 1. The first-order valence-electron chi connectivity index (χ1n) is 10.2. The van der Waals surface area contributed by atoms with Crippen molar-refractivity contribution in [3.05, 3.63) is 58.9 Å². The van der Waals surface area contributed by atoms with Gasteiger partial charge in [-0.2, -0.15) is 0 Å². The van der Waals surface area contributed by atoms with E-state index >= 15 is 0 Å². The topological polar surface area (TPSA) is 56.7 Å². The maximum absolute atomic E-state index is 12.3. The van der Waals surface area contributed by atoms with E-state index in [1.54, 1.807) is 0 Å². The molecule has 0 atom stereocenters. The third-order valence-corrected chi connectivity index (χ3v) is 6.09. The molecular formula is C23H25N3O2. The monoisotopic (exact) mass is 375 g/mol. The Morgan fingerprint density at radius 1 is 1.07 bits per heavy atom. The van der Waals surface area contributed by atoms with E-state index in [1.807, 2.05) is 23.2 Å². The molecule has 1 saturated carbocycles. The number of hydrogen-bond donors (Lipinski definition) is 1. The summed E-state index contributed by atoms with van der Waals surface area (Å²) in [5.74, 6) is 0.660. The molecule has 5 heteroatoms.